The fourth-order valence-electron chi connectivity index (χ4n) is 3.43. The Morgan fingerprint density at radius 3 is 2.24 bits per heavy atom. The number of nitrogens with zero attached hydrogens (tertiary/aromatic N) is 4. The molecular formula is C18H29FIN5. The third-order valence-electron chi connectivity index (χ3n) is 4.93. The molecule has 1 aromatic rings. The van der Waals surface area contributed by atoms with E-state index >= 15 is 0 Å². The van der Waals surface area contributed by atoms with Crippen molar-refractivity contribution in [1.82, 2.24) is 9.80 Å². The van der Waals surface area contributed by atoms with Crippen molar-refractivity contribution in [3.63, 3.8) is 0 Å². The Kier molecular flexibility index (Phi) is 8.21. The number of benzene rings is 1. The molecular weight excluding hydrogens is 432 g/mol. The molecule has 2 fully saturated rings. The maximum atomic E-state index is 13.0. The van der Waals surface area contributed by atoms with Gasteiger partial charge in [-0.1, -0.05) is 6.42 Å². The van der Waals surface area contributed by atoms with Gasteiger partial charge in [0.25, 0.3) is 0 Å². The van der Waals surface area contributed by atoms with E-state index in [0.717, 1.165) is 45.0 Å². The zero-order chi connectivity index (χ0) is 16.8. The molecule has 0 saturated carbocycles. The van der Waals surface area contributed by atoms with Gasteiger partial charge in [0.2, 0.25) is 0 Å². The average molecular weight is 461 g/mol. The maximum Gasteiger partial charge on any atom is 0.191 e. The highest BCUT2D eigenvalue weighted by atomic mass is 127. The lowest BCUT2D eigenvalue weighted by Gasteiger charge is -2.36. The van der Waals surface area contributed by atoms with Crippen LogP contribution in [0.5, 0.6) is 0 Å². The first kappa shape index (κ1) is 20.2. The van der Waals surface area contributed by atoms with Crippen molar-refractivity contribution in [2.45, 2.75) is 19.3 Å². The van der Waals surface area contributed by atoms with Crippen molar-refractivity contribution in [3.8, 4) is 0 Å². The van der Waals surface area contributed by atoms with E-state index in [1.165, 1.54) is 44.5 Å². The Bertz CT molecular complexity index is 537. The minimum atomic E-state index is -0.192. The van der Waals surface area contributed by atoms with Crippen LogP contribution in [0.2, 0.25) is 0 Å². The van der Waals surface area contributed by atoms with Gasteiger partial charge in [0, 0.05) is 38.4 Å². The van der Waals surface area contributed by atoms with Gasteiger partial charge in [-0.3, -0.25) is 4.99 Å². The number of nitrogens with two attached hydrogens (primary N) is 1. The van der Waals surface area contributed by atoms with Crippen molar-refractivity contribution in [2.24, 2.45) is 10.7 Å². The molecule has 0 bridgehead atoms. The summed E-state index contributed by atoms with van der Waals surface area (Å²) in [6.45, 7) is 7.67. The molecule has 2 aliphatic heterocycles. The Labute approximate surface area is 167 Å². The minimum Gasteiger partial charge on any atom is -0.370 e. The van der Waals surface area contributed by atoms with Gasteiger partial charge in [0.05, 0.1) is 6.54 Å². The topological polar surface area (TPSA) is 48.1 Å². The standard InChI is InChI=1S/C18H28FN5.HI/c19-16-4-6-17(7-5-16)23-12-14-24(15-13-23)18(20)21-8-11-22-9-2-1-3-10-22;/h4-7H,1-3,8-15H2,(H2,20,21);1H. The predicted octanol–water partition coefficient (Wildman–Crippen LogP) is 2.37. The predicted molar refractivity (Wildman–Crippen MR) is 112 cm³/mol. The summed E-state index contributed by atoms with van der Waals surface area (Å²) in [4.78, 5) is 11.5. The van der Waals surface area contributed by atoms with Gasteiger partial charge in [-0.25, -0.2) is 4.39 Å². The molecule has 0 radical (unpaired) electrons. The summed E-state index contributed by atoms with van der Waals surface area (Å²) in [5.74, 6) is 0.466. The number of rotatable bonds is 4. The van der Waals surface area contributed by atoms with Gasteiger partial charge in [-0.15, -0.1) is 24.0 Å². The molecule has 2 saturated heterocycles. The van der Waals surface area contributed by atoms with Crippen LogP contribution in [0.25, 0.3) is 0 Å². The monoisotopic (exact) mass is 461 g/mol. The Morgan fingerprint density at radius 2 is 1.60 bits per heavy atom. The van der Waals surface area contributed by atoms with Crippen molar-refractivity contribution < 1.29 is 4.39 Å². The zero-order valence-corrected chi connectivity index (χ0v) is 17.1. The summed E-state index contributed by atoms with van der Waals surface area (Å²) >= 11 is 0. The summed E-state index contributed by atoms with van der Waals surface area (Å²) in [7, 11) is 0. The number of aliphatic imine (C=N–C) groups is 1. The largest absolute Gasteiger partial charge is 0.370 e. The number of guanidine groups is 1. The molecule has 0 atom stereocenters. The van der Waals surface area contributed by atoms with Gasteiger partial charge in [0.15, 0.2) is 5.96 Å². The van der Waals surface area contributed by atoms with E-state index < -0.39 is 0 Å². The number of piperazine rings is 1. The van der Waals surface area contributed by atoms with Gasteiger partial charge < -0.3 is 20.4 Å². The van der Waals surface area contributed by atoms with Crippen LogP contribution in [-0.4, -0.2) is 68.1 Å². The molecule has 2 N–H and O–H groups in total. The van der Waals surface area contributed by atoms with Gasteiger partial charge in [0.1, 0.15) is 5.82 Å². The first-order valence-corrected chi connectivity index (χ1v) is 9.00. The summed E-state index contributed by atoms with van der Waals surface area (Å²) in [6.07, 6.45) is 3.98. The molecule has 5 nitrogen and oxygen atoms in total. The lowest BCUT2D eigenvalue weighted by Crippen LogP contribution is -2.51. The molecule has 7 heteroatoms. The van der Waals surface area contributed by atoms with E-state index in [1.54, 1.807) is 0 Å². The molecule has 0 amide bonds. The number of hydrogen-bond acceptors (Lipinski definition) is 3. The molecule has 0 aromatic heterocycles. The highest BCUT2D eigenvalue weighted by molar-refractivity contribution is 14.0. The summed E-state index contributed by atoms with van der Waals surface area (Å²) in [5.41, 5.74) is 7.22. The second kappa shape index (κ2) is 10.2. The van der Waals surface area contributed by atoms with Crippen LogP contribution in [0.1, 0.15) is 19.3 Å². The lowest BCUT2D eigenvalue weighted by molar-refractivity contribution is 0.235. The Morgan fingerprint density at radius 1 is 0.960 bits per heavy atom. The van der Waals surface area contributed by atoms with E-state index in [9.17, 15) is 4.39 Å². The molecule has 2 aliphatic rings. The molecule has 0 unspecified atom stereocenters. The van der Waals surface area contributed by atoms with Crippen LogP contribution in [-0.2, 0) is 0 Å². The van der Waals surface area contributed by atoms with Gasteiger partial charge >= 0.3 is 0 Å². The van der Waals surface area contributed by atoms with Crippen LogP contribution >= 0.6 is 24.0 Å². The average Bonchev–Trinajstić information content (AvgIpc) is 2.63. The lowest BCUT2D eigenvalue weighted by atomic mass is 10.1. The van der Waals surface area contributed by atoms with E-state index in [0.29, 0.717) is 5.96 Å². The van der Waals surface area contributed by atoms with E-state index in [1.807, 2.05) is 12.1 Å². The highest BCUT2D eigenvalue weighted by Crippen LogP contribution is 2.16. The van der Waals surface area contributed by atoms with Crippen molar-refractivity contribution >= 4 is 35.6 Å². The quantitative estimate of drug-likeness (QED) is 0.425. The van der Waals surface area contributed by atoms with Crippen molar-refractivity contribution in [1.29, 1.82) is 0 Å². The summed E-state index contributed by atoms with van der Waals surface area (Å²) < 4.78 is 13.0. The van der Waals surface area contributed by atoms with Crippen LogP contribution in [0.3, 0.4) is 0 Å². The molecule has 0 aliphatic carbocycles. The zero-order valence-electron chi connectivity index (χ0n) is 14.7. The molecule has 0 spiro atoms. The fraction of sp³-hybridized carbons (Fsp3) is 0.611. The van der Waals surface area contributed by atoms with Gasteiger partial charge in [-0.05, 0) is 50.2 Å². The molecule has 25 heavy (non-hydrogen) atoms. The Hall–Kier alpha value is -1.09. The minimum absolute atomic E-state index is 0. The van der Waals surface area contributed by atoms with Crippen LogP contribution in [0.4, 0.5) is 10.1 Å². The number of piperidine rings is 1. The van der Waals surface area contributed by atoms with Crippen LogP contribution < -0.4 is 10.6 Å². The smallest absolute Gasteiger partial charge is 0.191 e. The molecule has 1 aromatic carbocycles. The number of hydrogen-bond donors (Lipinski definition) is 1. The normalized spacial score (nSPS) is 19.6. The Balaban J connectivity index is 0.00000225. The number of halogens is 2. The third kappa shape index (κ3) is 5.99. The van der Waals surface area contributed by atoms with Crippen LogP contribution in [0.15, 0.2) is 29.3 Å². The second-order valence-corrected chi connectivity index (χ2v) is 6.59. The highest BCUT2D eigenvalue weighted by Gasteiger charge is 2.18. The van der Waals surface area contributed by atoms with E-state index in [4.69, 9.17) is 5.73 Å². The van der Waals surface area contributed by atoms with Crippen molar-refractivity contribution in [3.05, 3.63) is 30.1 Å². The third-order valence-corrected chi connectivity index (χ3v) is 4.93. The van der Waals surface area contributed by atoms with Crippen molar-refractivity contribution in [2.75, 3.05) is 57.3 Å². The number of anilines is 1. The molecule has 2 heterocycles. The molecule has 140 valence electrons. The second-order valence-electron chi connectivity index (χ2n) is 6.59. The first-order valence-electron chi connectivity index (χ1n) is 9.00. The first-order chi connectivity index (χ1) is 11.7. The number of likely N-dealkylation sites (tertiary alicyclic amines) is 1. The molecule has 3 rings (SSSR count). The maximum absolute atomic E-state index is 13.0. The van der Waals surface area contributed by atoms with Crippen LogP contribution in [0, 0.1) is 5.82 Å². The summed E-state index contributed by atoms with van der Waals surface area (Å²) in [5, 5.41) is 0. The summed E-state index contributed by atoms with van der Waals surface area (Å²) in [6, 6.07) is 6.69. The van der Waals surface area contributed by atoms with E-state index in [2.05, 4.69) is 19.7 Å². The SMILES string of the molecule is I.NC(=NCCN1CCCCC1)N1CCN(c2ccc(F)cc2)CC1. The fourth-order valence-corrected chi connectivity index (χ4v) is 3.43. The van der Waals surface area contributed by atoms with E-state index in [-0.39, 0.29) is 29.8 Å². The van der Waals surface area contributed by atoms with Gasteiger partial charge in [-0.2, -0.15) is 0 Å².